The summed E-state index contributed by atoms with van der Waals surface area (Å²) in [5.41, 5.74) is 0.0510. The van der Waals surface area contributed by atoms with Crippen molar-refractivity contribution in [3.63, 3.8) is 0 Å². The summed E-state index contributed by atoms with van der Waals surface area (Å²) in [6.45, 7) is 4.27. The third-order valence-electron chi connectivity index (χ3n) is 3.00. The minimum absolute atomic E-state index is 0.0510. The van der Waals surface area contributed by atoms with Crippen molar-refractivity contribution in [2.24, 2.45) is 7.05 Å². The highest BCUT2D eigenvalue weighted by Gasteiger charge is 2.21. The number of aromatic nitrogens is 2. The van der Waals surface area contributed by atoms with Gasteiger partial charge >= 0.3 is 5.69 Å². The maximum Gasteiger partial charge on any atom is 0.330 e. The van der Waals surface area contributed by atoms with E-state index in [1.54, 1.807) is 7.05 Å². The van der Waals surface area contributed by atoms with E-state index in [2.05, 4.69) is 24.3 Å². The maximum atomic E-state index is 10.9. The Labute approximate surface area is 108 Å². The van der Waals surface area contributed by atoms with Gasteiger partial charge in [-0.3, -0.25) is 10.1 Å². The molecule has 0 saturated carbocycles. The van der Waals surface area contributed by atoms with Crippen LogP contribution in [0.5, 0.6) is 0 Å². The van der Waals surface area contributed by atoms with Crippen molar-refractivity contribution in [3.05, 3.63) is 16.3 Å². The van der Waals surface area contributed by atoms with Crippen molar-refractivity contribution in [3.8, 4) is 0 Å². The van der Waals surface area contributed by atoms with Gasteiger partial charge in [-0.15, -0.1) is 0 Å². The number of unbranched alkanes of at least 4 members (excludes halogenated alkanes) is 1. The van der Waals surface area contributed by atoms with Crippen LogP contribution in [0.25, 0.3) is 0 Å². The number of rotatable bonds is 8. The van der Waals surface area contributed by atoms with Gasteiger partial charge in [0.15, 0.2) is 0 Å². The Balaban J connectivity index is 2.78. The van der Waals surface area contributed by atoms with E-state index in [1.165, 1.54) is 10.9 Å². The highest BCUT2D eigenvalue weighted by molar-refractivity contribution is 5.55. The van der Waals surface area contributed by atoms with Gasteiger partial charge in [0.1, 0.15) is 6.20 Å². The lowest BCUT2D eigenvalue weighted by atomic mass is 10.1. The molecule has 1 N–H and O–H groups in total. The molecule has 6 nitrogen and oxygen atoms in total. The van der Waals surface area contributed by atoms with Gasteiger partial charge < -0.3 is 5.32 Å². The number of nitrogens with one attached hydrogen (secondary N) is 1. The summed E-state index contributed by atoms with van der Waals surface area (Å²) in [5, 5.41) is 18.1. The number of aryl methyl sites for hydroxylation is 1. The number of nitrogens with zero attached hydrogens (tertiary/aromatic N) is 3. The molecule has 0 aromatic carbocycles. The number of nitro groups is 1. The smallest absolute Gasteiger partial charge is 0.330 e. The molecular formula is C12H22N4O2. The van der Waals surface area contributed by atoms with Crippen LogP contribution in [0.4, 0.5) is 11.5 Å². The molecule has 1 aromatic rings. The zero-order valence-corrected chi connectivity index (χ0v) is 11.3. The molecule has 0 spiro atoms. The minimum atomic E-state index is -0.391. The lowest BCUT2D eigenvalue weighted by Gasteiger charge is -2.18. The Morgan fingerprint density at radius 1 is 1.44 bits per heavy atom. The molecule has 18 heavy (non-hydrogen) atoms. The second-order valence-electron chi connectivity index (χ2n) is 4.53. The van der Waals surface area contributed by atoms with Crippen LogP contribution in [0, 0.1) is 10.1 Å². The van der Waals surface area contributed by atoms with E-state index < -0.39 is 4.92 Å². The first-order valence-corrected chi connectivity index (χ1v) is 6.53. The Morgan fingerprint density at radius 3 is 2.72 bits per heavy atom. The molecule has 1 aromatic heterocycles. The first-order chi connectivity index (χ1) is 8.60. The zero-order chi connectivity index (χ0) is 13.5. The van der Waals surface area contributed by atoms with Crippen molar-refractivity contribution < 1.29 is 4.92 Å². The highest BCUT2D eigenvalue weighted by atomic mass is 16.6. The molecule has 1 heterocycles. The highest BCUT2D eigenvalue weighted by Crippen LogP contribution is 2.25. The summed E-state index contributed by atoms with van der Waals surface area (Å²) in [4.78, 5) is 10.5. The molecule has 0 saturated heterocycles. The van der Waals surface area contributed by atoms with E-state index in [4.69, 9.17) is 0 Å². The Morgan fingerprint density at radius 2 is 2.17 bits per heavy atom. The fourth-order valence-corrected chi connectivity index (χ4v) is 2.01. The first-order valence-electron chi connectivity index (χ1n) is 6.53. The number of anilines is 1. The van der Waals surface area contributed by atoms with Crippen LogP contribution >= 0.6 is 0 Å². The summed E-state index contributed by atoms with van der Waals surface area (Å²) >= 11 is 0. The predicted molar refractivity (Wildman–Crippen MR) is 71.7 cm³/mol. The van der Waals surface area contributed by atoms with Gasteiger partial charge in [-0.25, -0.2) is 4.68 Å². The summed E-state index contributed by atoms with van der Waals surface area (Å²) in [6.07, 6.45) is 6.67. The predicted octanol–water partition coefficient (Wildman–Crippen LogP) is 3.10. The second kappa shape index (κ2) is 6.98. The molecule has 0 radical (unpaired) electrons. The van der Waals surface area contributed by atoms with Crippen molar-refractivity contribution >= 4 is 11.5 Å². The fraction of sp³-hybridized carbons (Fsp3) is 0.750. The van der Waals surface area contributed by atoms with E-state index >= 15 is 0 Å². The second-order valence-corrected chi connectivity index (χ2v) is 4.53. The Kier molecular flexibility index (Phi) is 5.61. The van der Waals surface area contributed by atoms with Gasteiger partial charge in [-0.2, -0.15) is 5.10 Å². The molecule has 102 valence electrons. The summed E-state index contributed by atoms with van der Waals surface area (Å²) in [6, 6.07) is 0.282. The van der Waals surface area contributed by atoms with Gasteiger partial charge in [0.05, 0.1) is 4.92 Å². The lowest BCUT2D eigenvalue weighted by Crippen LogP contribution is -2.21. The van der Waals surface area contributed by atoms with Gasteiger partial charge in [0, 0.05) is 13.1 Å². The summed E-state index contributed by atoms with van der Waals surface area (Å²) in [5.74, 6) is 0.509. The molecule has 6 heteroatoms. The molecule has 0 aliphatic carbocycles. The van der Waals surface area contributed by atoms with Crippen LogP contribution in [-0.2, 0) is 7.05 Å². The Hall–Kier alpha value is -1.59. The van der Waals surface area contributed by atoms with Gasteiger partial charge in [0.25, 0.3) is 0 Å². The molecule has 0 aliphatic rings. The molecule has 0 aliphatic heterocycles. The lowest BCUT2D eigenvalue weighted by molar-refractivity contribution is -0.384. The first kappa shape index (κ1) is 14.5. The van der Waals surface area contributed by atoms with E-state index in [0.717, 1.165) is 32.1 Å². The summed E-state index contributed by atoms with van der Waals surface area (Å²) < 4.78 is 1.53. The molecule has 0 fully saturated rings. The average molecular weight is 254 g/mol. The van der Waals surface area contributed by atoms with Crippen molar-refractivity contribution in [2.75, 3.05) is 5.32 Å². The average Bonchev–Trinajstić information content (AvgIpc) is 2.68. The van der Waals surface area contributed by atoms with Crippen LogP contribution in [0.1, 0.15) is 46.0 Å². The van der Waals surface area contributed by atoms with E-state index in [0.29, 0.717) is 5.82 Å². The largest absolute Gasteiger partial charge is 0.362 e. The Bertz CT molecular complexity index is 389. The quantitative estimate of drug-likeness (QED) is 0.571. The molecule has 1 atom stereocenters. The van der Waals surface area contributed by atoms with E-state index in [1.807, 2.05) is 0 Å². The number of hydrogen-bond acceptors (Lipinski definition) is 4. The third-order valence-corrected chi connectivity index (χ3v) is 3.00. The van der Waals surface area contributed by atoms with Crippen molar-refractivity contribution in [2.45, 2.75) is 52.0 Å². The fourth-order valence-electron chi connectivity index (χ4n) is 2.01. The van der Waals surface area contributed by atoms with Crippen LogP contribution in [0.2, 0.25) is 0 Å². The van der Waals surface area contributed by atoms with Crippen molar-refractivity contribution in [1.29, 1.82) is 0 Å². The standard InChI is InChI=1S/C12H22N4O2/c1-4-6-8-10(7-5-2)14-12-11(16(17)18)9-13-15(12)3/h9-10,14H,4-8H2,1-3H3/t10-/m0/s1. The third kappa shape index (κ3) is 3.72. The molecule has 0 unspecified atom stereocenters. The molecular weight excluding hydrogens is 232 g/mol. The minimum Gasteiger partial charge on any atom is -0.362 e. The SMILES string of the molecule is CCCC[C@H](CCC)Nc1c([N+](=O)[O-])cnn1C. The van der Waals surface area contributed by atoms with Crippen LogP contribution in [0.15, 0.2) is 6.20 Å². The van der Waals surface area contributed by atoms with Crippen LogP contribution in [0.3, 0.4) is 0 Å². The van der Waals surface area contributed by atoms with Crippen LogP contribution in [-0.4, -0.2) is 20.7 Å². The maximum absolute atomic E-state index is 10.9. The monoisotopic (exact) mass is 254 g/mol. The van der Waals surface area contributed by atoms with Gasteiger partial charge in [0.2, 0.25) is 5.82 Å². The number of hydrogen-bond donors (Lipinski definition) is 1. The van der Waals surface area contributed by atoms with Gasteiger partial charge in [-0.1, -0.05) is 33.1 Å². The molecule has 0 bridgehead atoms. The van der Waals surface area contributed by atoms with Gasteiger partial charge in [-0.05, 0) is 12.8 Å². The van der Waals surface area contributed by atoms with E-state index in [-0.39, 0.29) is 11.7 Å². The van der Waals surface area contributed by atoms with Crippen molar-refractivity contribution in [1.82, 2.24) is 9.78 Å². The molecule has 0 amide bonds. The topological polar surface area (TPSA) is 73.0 Å². The van der Waals surface area contributed by atoms with E-state index in [9.17, 15) is 10.1 Å². The summed E-state index contributed by atoms with van der Waals surface area (Å²) in [7, 11) is 1.72. The molecule has 1 rings (SSSR count). The normalized spacial score (nSPS) is 12.4. The van der Waals surface area contributed by atoms with Crippen LogP contribution < -0.4 is 5.32 Å². The zero-order valence-electron chi connectivity index (χ0n) is 11.3.